The van der Waals surface area contributed by atoms with Gasteiger partial charge in [-0.05, 0) is 50.9 Å². The van der Waals surface area contributed by atoms with Crippen LogP contribution in [0.15, 0.2) is 24.3 Å². The van der Waals surface area contributed by atoms with Crippen LogP contribution in [0.5, 0.6) is 5.75 Å². The molecule has 2 fully saturated rings. The van der Waals surface area contributed by atoms with Gasteiger partial charge in [-0.25, -0.2) is 0 Å². The lowest BCUT2D eigenvalue weighted by Gasteiger charge is -2.27. The molecule has 25 heavy (non-hydrogen) atoms. The Hall–Kier alpha value is -2.08. The molecule has 2 aliphatic rings. The van der Waals surface area contributed by atoms with E-state index in [1.165, 1.54) is 25.3 Å². The highest BCUT2D eigenvalue weighted by Crippen LogP contribution is 2.24. The molecule has 0 radical (unpaired) electrons. The van der Waals surface area contributed by atoms with Gasteiger partial charge in [-0.1, -0.05) is 18.6 Å². The second-order valence-electron chi connectivity index (χ2n) is 6.87. The average Bonchev–Trinajstić information content (AvgIpc) is 3.12. The summed E-state index contributed by atoms with van der Waals surface area (Å²) in [5.41, 5.74) is 0.260. The Morgan fingerprint density at radius 2 is 1.84 bits per heavy atom. The summed E-state index contributed by atoms with van der Waals surface area (Å²) in [7, 11) is 0. The summed E-state index contributed by atoms with van der Waals surface area (Å²) in [4.78, 5) is 29.2. The zero-order valence-electron chi connectivity index (χ0n) is 14.6. The fraction of sp³-hybridized carbons (Fsp3) is 0.579. The molecule has 0 saturated carbocycles. The van der Waals surface area contributed by atoms with Crippen LogP contribution in [0.25, 0.3) is 0 Å². The Morgan fingerprint density at radius 3 is 2.60 bits per heavy atom. The van der Waals surface area contributed by atoms with Gasteiger partial charge in [-0.15, -0.1) is 0 Å². The third-order valence-corrected chi connectivity index (χ3v) is 5.13. The molecule has 136 valence electrons. The van der Waals surface area contributed by atoms with Crippen molar-refractivity contribution in [3.63, 3.8) is 0 Å². The first-order chi connectivity index (χ1) is 12.2. The zero-order valence-corrected chi connectivity index (χ0v) is 14.6. The molecule has 1 aromatic carbocycles. The molecular weight excluding hydrogens is 318 g/mol. The minimum atomic E-state index is -0.437. The SMILES string of the molecule is O=C(NCCN1CCCCC1)C1CCCN1C(=O)c1ccccc1O. The van der Waals surface area contributed by atoms with E-state index in [0.717, 1.165) is 26.1 Å². The molecule has 2 heterocycles. The van der Waals surface area contributed by atoms with Gasteiger partial charge < -0.3 is 20.2 Å². The van der Waals surface area contributed by atoms with Crippen molar-refractivity contribution in [2.45, 2.75) is 38.1 Å². The van der Waals surface area contributed by atoms with Crippen molar-refractivity contribution >= 4 is 11.8 Å². The van der Waals surface area contributed by atoms with E-state index in [1.807, 2.05) is 0 Å². The maximum absolute atomic E-state index is 12.7. The summed E-state index contributed by atoms with van der Waals surface area (Å²) in [6.07, 6.45) is 5.26. The van der Waals surface area contributed by atoms with E-state index in [2.05, 4.69) is 10.2 Å². The summed E-state index contributed by atoms with van der Waals surface area (Å²) >= 11 is 0. The number of nitrogens with one attached hydrogen (secondary N) is 1. The molecule has 3 rings (SSSR count). The second kappa shape index (κ2) is 8.34. The molecular formula is C19H27N3O3. The Labute approximate surface area is 148 Å². The summed E-state index contributed by atoms with van der Waals surface area (Å²) in [6.45, 7) is 4.26. The summed E-state index contributed by atoms with van der Waals surface area (Å²) in [5.74, 6) is -0.395. The third kappa shape index (κ3) is 4.31. The van der Waals surface area contributed by atoms with E-state index < -0.39 is 6.04 Å². The number of hydrogen-bond donors (Lipinski definition) is 2. The molecule has 0 bridgehead atoms. The van der Waals surface area contributed by atoms with Crippen molar-refractivity contribution in [3.05, 3.63) is 29.8 Å². The van der Waals surface area contributed by atoms with Gasteiger partial charge in [-0.2, -0.15) is 0 Å². The Morgan fingerprint density at radius 1 is 1.08 bits per heavy atom. The predicted molar refractivity (Wildman–Crippen MR) is 95.5 cm³/mol. The smallest absolute Gasteiger partial charge is 0.258 e. The first-order valence-electron chi connectivity index (χ1n) is 9.26. The van der Waals surface area contributed by atoms with Gasteiger partial charge in [0, 0.05) is 19.6 Å². The topological polar surface area (TPSA) is 72.9 Å². The van der Waals surface area contributed by atoms with Gasteiger partial charge in [0.15, 0.2) is 0 Å². The van der Waals surface area contributed by atoms with E-state index in [1.54, 1.807) is 23.1 Å². The van der Waals surface area contributed by atoms with Crippen molar-refractivity contribution < 1.29 is 14.7 Å². The molecule has 1 atom stereocenters. The van der Waals surface area contributed by atoms with Crippen molar-refractivity contribution in [1.82, 2.24) is 15.1 Å². The number of amides is 2. The Bertz CT molecular complexity index is 614. The molecule has 2 aliphatic heterocycles. The van der Waals surface area contributed by atoms with Gasteiger partial charge in [0.1, 0.15) is 11.8 Å². The number of phenolic OH excluding ortho intramolecular Hbond substituents is 1. The fourth-order valence-electron chi connectivity index (χ4n) is 3.73. The molecule has 0 aliphatic carbocycles. The number of benzene rings is 1. The largest absolute Gasteiger partial charge is 0.507 e. The number of piperidine rings is 1. The van der Waals surface area contributed by atoms with Crippen molar-refractivity contribution in [3.8, 4) is 5.75 Å². The molecule has 1 unspecified atom stereocenters. The van der Waals surface area contributed by atoms with E-state index in [0.29, 0.717) is 19.5 Å². The lowest BCUT2D eigenvalue weighted by molar-refractivity contribution is -0.124. The molecule has 2 saturated heterocycles. The van der Waals surface area contributed by atoms with Crippen LogP contribution in [-0.2, 0) is 4.79 Å². The van der Waals surface area contributed by atoms with Gasteiger partial charge >= 0.3 is 0 Å². The number of rotatable bonds is 5. The van der Waals surface area contributed by atoms with Gasteiger partial charge in [0.2, 0.25) is 5.91 Å². The van der Waals surface area contributed by atoms with Crippen molar-refractivity contribution in [1.29, 1.82) is 0 Å². The lowest BCUT2D eigenvalue weighted by atomic mass is 10.1. The highest BCUT2D eigenvalue weighted by Gasteiger charge is 2.35. The van der Waals surface area contributed by atoms with Crippen LogP contribution >= 0.6 is 0 Å². The highest BCUT2D eigenvalue weighted by molar-refractivity contribution is 5.99. The Balaban J connectivity index is 1.54. The van der Waals surface area contributed by atoms with Crippen molar-refractivity contribution in [2.24, 2.45) is 0 Å². The normalized spacial score (nSPS) is 21.3. The van der Waals surface area contributed by atoms with Crippen LogP contribution in [0.2, 0.25) is 0 Å². The van der Waals surface area contributed by atoms with E-state index in [-0.39, 0.29) is 23.1 Å². The number of phenols is 1. The van der Waals surface area contributed by atoms with Crippen LogP contribution in [0.3, 0.4) is 0 Å². The summed E-state index contributed by atoms with van der Waals surface area (Å²) < 4.78 is 0. The van der Waals surface area contributed by atoms with Gasteiger partial charge in [0.25, 0.3) is 5.91 Å². The average molecular weight is 345 g/mol. The van der Waals surface area contributed by atoms with Crippen LogP contribution in [0.1, 0.15) is 42.5 Å². The van der Waals surface area contributed by atoms with Crippen LogP contribution < -0.4 is 5.32 Å². The summed E-state index contributed by atoms with van der Waals surface area (Å²) in [6, 6.07) is 6.06. The number of carbonyl (C=O) groups excluding carboxylic acids is 2. The molecule has 2 amide bonds. The van der Waals surface area contributed by atoms with Crippen molar-refractivity contribution in [2.75, 3.05) is 32.7 Å². The monoisotopic (exact) mass is 345 g/mol. The number of hydrogen-bond acceptors (Lipinski definition) is 4. The van der Waals surface area contributed by atoms with Crippen LogP contribution in [0.4, 0.5) is 0 Å². The van der Waals surface area contributed by atoms with E-state index >= 15 is 0 Å². The number of aromatic hydroxyl groups is 1. The fourth-order valence-corrected chi connectivity index (χ4v) is 3.73. The first-order valence-corrected chi connectivity index (χ1v) is 9.26. The minimum absolute atomic E-state index is 0.0383. The van der Waals surface area contributed by atoms with E-state index in [4.69, 9.17) is 0 Å². The lowest BCUT2D eigenvalue weighted by Crippen LogP contribution is -2.47. The number of carbonyl (C=O) groups is 2. The molecule has 1 aromatic rings. The van der Waals surface area contributed by atoms with Crippen LogP contribution in [-0.4, -0.2) is 65.5 Å². The third-order valence-electron chi connectivity index (χ3n) is 5.13. The summed E-state index contributed by atoms with van der Waals surface area (Å²) in [5, 5.41) is 12.9. The highest BCUT2D eigenvalue weighted by atomic mass is 16.3. The standard InChI is InChI=1S/C19H27N3O3/c23-17-9-3-2-7-15(17)19(25)22-13-6-8-16(22)18(24)20-10-14-21-11-4-1-5-12-21/h2-3,7,9,16,23H,1,4-6,8,10-14H2,(H,20,24). The molecule has 6 nitrogen and oxygen atoms in total. The molecule has 6 heteroatoms. The number of likely N-dealkylation sites (tertiary alicyclic amines) is 2. The molecule has 2 N–H and O–H groups in total. The predicted octanol–water partition coefficient (Wildman–Crippen LogP) is 1.60. The maximum Gasteiger partial charge on any atom is 0.258 e. The second-order valence-corrected chi connectivity index (χ2v) is 6.87. The van der Waals surface area contributed by atoms with Gasteiger partial charge in [0.05, 0.1) is 5.56 Å². The zero-order chi connectivity index (χ0) is 17.6. The van der Waals surface area contributed by atoms with Gasteiger partial charge in [-0.3, -0.25) is 9.59 Å². The molecule has 0 spiro atoms. The Kier molecular flexibility index (Phi) is 5.91. The first kappa shape index (κ1) is 17.7. The van der Waals surface area contributed by atoms with Crippen LogP contribution in [0, 0.1) is 0 Å². The minimum Gasteiger partial charge on any atom is -0.507 e. The quantitative estimate of drug-likeness (QED) is 0.850. The maximum atomic E-state index is 12.7. The molecule has 0 aromatic heterocycles. The number of nitrogens with zero attached hydrogens (tertiary/aromatic N) is 2. The van der Waals surface area contributed by atoms with E-state index in [9.17, 15) is 14.7 Å². The number of para-hydroxylation sites is 1.